The summed E-state index contributed by atoms with van der Waals surface area (Å²) in [5.41, 5.74) is 8.43. The van der Waals surface area contributed by atoms with Crippen LogP contribution in [0.5, 0.6) is 0 Å². The number of methoxy groups -OCH3 is 1. The molecule has 1 heterocycles. The largest absolute Gasteiger partial charge is 0.417 e. The number of nitrogens with one attached hydrogen (secondary N) is 3. The lowest BCUT2D eigenvalue weighted by molar-refractivity contribution is -0.137. The van der Waals surface area contributed by atoms with Crippen LogP contribution in [0.15, 0.2) is 56.9 Å². The van der Waals surface area contributed by atoms with E-state index in [-0.39, 0.29) is 34.2 Å². The van der Waals surface area contributed by atoms with Crippen molar-refractivity contribution in [2.24, 2.45) is 10.1 Å². The van der Waals surface area contributed by atoms with Gasteiger partial charge >= 0.3 is 6.18 Å². The van der Waals surface area contributed by atoms with Crippen LogP contribution < -0.4 is 10.6 Å². The van der Waals surface area contributed by atoms with Gasteiger partial charge in [-0.25, -0.2) is 10.5 Å². The van der Waals surface area contributed by atoms with Crippen LogP contribution >= 0.6 is 11.6 Å². The highest BCUT2D eigenvalue weighted by Gasteiger charge is 2.34. The number of halogens is 4. The van der Waals surface area contributed by atoms with Crippen LogP contribution in [0.2, 0.25) is 0 Å². The molecule has 1 aromatic carbocycles. The van der Waals surface area contributed by atoms with Gasteiger partial charge in [0.1, 0.15) is 11.0 Å². The quantitative estimate of drug-likeness (QED) is 0.255. The highest BCUT2D eigenvalue weighted by Crippen LogP contribution is 2.37. The summed E-state index contributed by atoms with van der Waals surface area (Å²) in [7, 11) is 1.51. The van der Waals surface area contributed by atoms with E-state index in [1.54, 1.807) is 13.0 Å². The van der Waals surface area contributed by atoms with E-state index in [2.05, 4.69) is 20.7 Å². The molecule has 2 rings (SSSR count). The molecule has 35 heavy (non-hydrogen) atoms. The van der Waals surface area contributed by atoms with Crippen molar-refractivity contribution in [1.82, 2.24) is 5.32 Å². The Kier molecular flexibility index (Phi) is 10.2. The van der Waals surface area contributed by atoms with Crippen molar-refractivity contribution in [2.75, 3.05) is 25.6 Å². The molecule has 0 atom stereocenters. The first-order valence-electron chi connectivity index (χ1n) is 11.0. The Morgan fingerprint density at radius 1 is 1.34 bits per heavy atom. The lowest BCUT2D eigenvalue weighted by Gasteiger charge is -2.20. The summed E-state index contributed by atoms with van der Waals surface area (Å²) < 4.78 is 47.0. The molecule has 0 aromatic heterocycles. The Bertz CT molecular complexity index is 1090. The molecule has 1 aromatic rings. The van der Waals surface area contributed by atoms with Crippen LogP contribution in [0.25, 0.3) is 5.70 Å². The number of benzene rings is 1. The maximum Gasteiger partial charge on any atom is 0.417 e. The van der Waals surface area contributed by atoms with E-state index < -0.39 is 17.6 Å². The minimum atomic E-state index is -4.65. The summed E-state index contributed by atoms with van der Waals surface area (Å²) in [4.78, 5) is 16.7. The van der Waals surface area contributed by atoms with Gasteiger partial charge in [-0.15, -0.1) is 5.11 Å². The highest BCUT2D eigenvalue weighted by molar-refractivity contribution is 6.69. The van der Waals surface area contributed by atoms with Crippen molar-refractivity contribution in [3.8, 4) is 0 Å². The average molecular weight is 512 g/mol. The minimum Gasteiger partial charge on any atom is -0.383 e. The SMILES string of the molecule is CC=C(NCCOC)c1ccc(NC2=C(C(=O)N=N)CC/C(C)=C(\CC)C(Cl)=N2)cc1C(F)(F)F. The van der Waals surface area contributed by atoms with Crippen molar-refractivity contribution < 1.29 is 22.7 Å². The van der Waals surface area contributed by atoms with Gasteiger partial charge in [-0.1, -0.05) is 36.2 Å². The number of hydrogen-bond donors (Lipinski definition) is 3. The zero-order chi connectivity index (χ0) is 26.2. The number of anilines is 1. The Morgan fingerprint density at radius 2 is 2.06 bits per heavy atom. The number of carbonyl (C=O) groups excluding carboxylic acids is 1. The van der Waals surface area contributed by atoms with Crippen LogP contribution in [0.4, 0.5) is 18.9 Å². The lowest BCUT2D eigenvalue weighted by Crippen LogP contribution is -2.20. The predicted molar refractivity (Wildman–Crippen MR) is 131 cm³/mol. The molecule has 3 N–H and O–H groups in total. The Hall–Kier alpha value is -2.98. The van der Waals surface area contributed by atoms with Gasteiger partial charge in [0.15, 0.2) is 0 Å². The van der Waals surface area contributed by atoms with Crippen molar-refractivity contribution in [1.29, 1.82) is 5.53 Å². The smallest absolute Gasteiger partial charge is 0.383 e. The topological polar surface area (TPSA) is 98.9 Å². The van der Waals surface area contributed by atoms with Gasteiger partial charge in [0.05, 0.1) is 17.7 Å². The van der Waals surface area contributed by atoms with E-state index in [4.69, 9.17) is 21.9 Å². The van der Waals surface area contributed by atoms with Crippen molar-refractivity contribution in [3.05, 3.63) is 57.9 Å². The van der Waals surface area contributed by atoms with Gasteiger partial charge in [-0.3, -0.25) is 4.79 Å². The zero-order valence-electron chi connectivity index (χ0n) is 20.1. The summed E-state index contributed by atoms with van der Waals surface area (Å²) >= 11 is 6.40. The Labute approximate surface area is 207 Å². The first kappa shape index (κ1) is 28.3. The maximum absolute atomic E-state index is 14.0. The molecule has 1 amide bonds. The van der Waals surface area contributed by atoms with Crippen LogP contribution in [-0.4, -0.2) is 31.3 Å². The summed E-state index contributed by atoms with van der Waals surface area (Å²) in [6.45, 7) is 6.09. The predicted octanol–water partition coefficient (Wildman–Crippen LogP) is 6.64. The summed E-state index contributed by atoms with van der Waals surface area (Å²) in [5, 5.41) is 8.88. The number of rotatable bonds is 9. The van der Waals surface area contributed by atoms with Gasteiger partial charge in [-0.05, 0) is 50.8 Å². The molecule has 7 nitrogen and oxygen atoms in total. The molecular formula is C24H29ClF3N5O2. The first-order valence-corrected chi connectivity index (χ1v) is 11.4. The highest BCUT2D eigenvalue weighted by atomic mass is 35.5. The molecule has 0 saturated carbocycles. The molecule has 0 spiro atoms. The molecule has 0 radical (unpaired) electrons. The third-order valence-electron chi connectivity index (χ3n) is 5.51. The fourth-order valence-electron chi connectivity index (χ4n) is 3.69. The molecule has 0 fully saturated rings. The molecule has 0 bridgehead atoms. The summed E-state index contributed by atoms with van der Waals surface area (Å²) in [5.74, 6) is -0.862. The number of aliphatic imine (C=N–C) groups is 1. The number of nitrogens with zero attached hydrogens (tertiary/aromatic N) is 2. The number of allylic oxidation sites excluding steroid dienone is 3. The standard InChI is InChI=1S/C24H29ClF3N5O2/c1-5-16-14(3)7-9-18(23(34)33-29)22(32-21(16)25)31-15-8-10-17(19(13-15)24(26,27)28)20(6-2)30-11-12-35-4/h6,8,10,13,29-31H,5,7,9,11-12H2,1-4H3/b16-14+,20-6?,22-18?,32-21?,33-29?. The molecule has 190 valence electrons. The third kappa shape index (κ3) is 7.25. The molecular weight excluding hydrogens is 483 g/mol. The number of hydrogen-bond acceptors (Lipinski definition) is 6. The fourth-order valence-corrected chi connectivity index (χ4v) is 4.07. The first-order chi connectivity index (χ1) is 16.6. The fraction of sp³-hybridized carbons (Fsp3) is 0.417. The van der Waals surface area contributed by atoms with E-state index in [1.807, 2.05) is 13.8 Å². The summed E-state index contributed by atoms with van der Waals surface area (Å²) in [6, 6.07) is 3.75. The van der Waals surface area contributed by atoms with Crippen LogP contribution in [0.1, 0.15) is 51.2 Å². The van der Waals surface area contributed by atoms with Gasteiger partial charge in [0.2, 0.25) is 0 Å². The van der Waals surface area contributed by atoms with E-state index >= 15 is 0 Å². The van der Waals surface area contributed by atoms with Crippen LogP contribution in [-0.2, 0) is 15.7 Å². The number of alkyl halides is 3. The van der Waals surface area contributed by atoms with Crippen molar-refractivity contribution >= 4 is 34.1 Å². The molecule has 11 heteroatoms. The maximum atomic E-state index is 14.0. The Morgan fingerprint density at radius 3 is 2.63 bits per heavy atom. The third-order valence-corrected chi connectivity index (χ3v) is 5.82. The number of ether oxygens (including phenoxy) is 1. The van der Waals surface area contributed by atoms with Gasteiger partial charge < -0.3 is 15.4 Å². The average Bonchev–Trinajstić information content (AvgIpc) is 2.81. The zero-order valence-corrected chi connectivity index (χ0v) is 20.8. The van der Waals surface area contributed by atoms with Crippen molar-refractivity contribution in [3.63, 3.8) is 0 Å². The van der Waals surface area contributed by atoms with E-state index in [9.17, 15) is 18.0 Å². The lowest BCUT2D eigenvalue weighted by atomic mass is 9.98. The second kappa shape index (κ2) is 12.6. The van der Waals surface area contributed by atoms with Gasteiger partial charge in [0, 0.05) is 30.6 Å². The summed E-state index contributed by atoms with van der Waals surface area (Å²) in [6.07, 6.45) is -1.81. The monoisotopic (exact) mass is 511 g/mol. The molecule has 1 aliphatic rings. The minimum absolute atomic E-state index is 0.0280. The van der Waals surface area contributed by atoms with Crippen LogP contribution in [0, 0.1) is 5.53 Å². The second-order valence-electron chi connectivity index (χ2n) is 7.76. The van der Waals surface area contributed by atoms with E-state index in [0.29, 0.717) is 31.7 Å². The normalized spacial score (nSPS) is 17.5. The van der Waals surface area contributed by atoms with Gasteiger partial charge in [0.25, 0.3) is 5.91 Å². The molecule has 0 aliphatic carbocycles. The molecule has 1 aliphatic heterocycles. The van der Waals surface area contributed by atoms with Crippen molar-refractivity contribution in [2.45, 2.75) is 46.2 Å². The second-order valence-corrected chi connectivity index (χ2v) is 8.12. The number of amides is 1. The van der Waals surface area contributed by atoms with E-state index in [0.717, 1.165) is 17.2 Å². The molecule has 0 saturated heterocycles. The Balaban J connectivity index is 2.58. The van der Waals surface area contributed by atoms with Gasteiger partial charge in [-0.2, -0.15) is 13.2 Å². The molecule has 0 unspecified atom stereocenters. The van der Waals surface area contributed by atoms with Crippen LogP contribution in [0.3, 0.4) is 0 Å². The van der Waals surface area contributed by atoms with E-state index in [1.165, 1.54) is 19.2 Å². The number of carbonyl (C=O) groups is 1.